The van der Waals surface area contributed by atoms with E-state index in [2.05, 4.69) is 25.9 Å². The molecule has 128 valence electrons. The van der Waals surface area contributed by atoms with Crippen molar-refractivity contribution in [2.45, 2.75) is 0 Å². The van der Waals surface area contributed by atoms with E-state index in [0.717, 1.165) is 5.56 Å². The smallest absolute Gasteiger partial charge is 0.363 e. The lowest BCUT2D eigenvalue weighted by Gasteiger charge is -2.08. The number of nitrogens with zero attached hydrogens (tertiary/aromatic N) is 2. The first kappa shape index (κ1) is 17.4. The fourth-order valence-electron chi connectivity index (χ4n) is 2.07. The molecule has 0 N–H and O–H groups in total. The van der Waals surface area contributed by atoms with Crippen LogP contribution in [0.5, 0.6) is 17.2 Å². The van der Waals surface area contributed by atoms with Crippen molar-refractivity contribution in [3.05, 3.63) is 52.2 Å². The lowest BCUT2D eigenvalue weighted by atomic mass is 10.2. The van der Waals surface area contributed by atoms with Crippen LogP contribution in [0.25, 0.3) is 10.6 Å². The molecule has 0 aliphatic carbocycles. The number of methoxy groups -OCH3 is 2. The van der Waals surface area contributed by atoms with Crippen LogP contribution in [0.4, 0.5) is 0 Å². The topological polar surface area (TPSA) is 70.5 Å². The van der Waals surface area contributed by atoms with Gasteiger partial charge in [0.15, 0.2) is 22.9 Å². The predicted molar refractivity (Wildman–Crippen MR) is 97.5 cm³/mol. The molecule has 0 saturated carbocycles. The summed E-state index contributed by atoms with van der Waals surface area (Å²) < 4.78 is 16.3. The number of carbonyl (C=O) groups is 1. The van der Waals surface area contributed by atoms with Crippen molar-refractivity contribution in [3.63, 3.8) is 0 Å². The maximum Gasteiger partial charge on any atom is 0.363 e. The van der Waals surface area contributed by atoms with E-state index in [1.165, 1.54) is 11.3 Å². The lowest BCUT2D eigenvalue weighted by Crippen LogP contribution is -2.09. The summed E-state index contributed by atoms with van der Waals surface area (Å²) in [7, 11) is 3.14. The van der Waals surface area contributed by atoms with E-state index >= 15 is 0 Å². The minimum atomic E-state index is -0.545. The molecule has 0 atom stereocenters. The second kappa shape index (κ2) is 7.62. The maximum atomic E-state index is 12.3. The van der Waals surface area contributed by atoms with E-state index in [1.54, 1.807) is 44.0 Å². The third kappa shape index (κ3) is 3.80. The molecule has 1 aromatic carbocycles. The van der Waals surface area contributed by atoms with E-state index in [-0.39, 0.29) is 5.69 Å². The molecule has 0 unspecified atom stereocenters. The minimum absolute atomic E-state index is 0.227. The average molecular weight is 421 g/mol. The summed E-state index contributed by atoms with van der Waals surface area (Å²) in [6.07, 6.45) is 1.60. The van der Waals surface area contributed by atoms with E-state index in [9.17, 15) is 4.79 Å². The number of hydrogen-bond acceptors (Lipinski definition) is 7. The number of ether oxygens (including phenoxy) is 3. The second-order valence-corrected chi connectivity index (χ2v) is 6.40. The number of thiazole rings is 1. The number of pyridine rings is 1. The van der Waals surface area contributed by atoms with Crippen molar-refractivity contribution in [1.82, 2.24) is 9.97 Å². The average Bonchev–Trinajstić information content (AvgIpc) is 3.13. The Bertz CT molecular complexity index is 913. The molecule has 0 radical (unpaired) electrons. The van der Waals surface area contributed by atoms with Gasteiger partial charge in [-0.3, -0.25) is 0 Å². The Kier molecular flexibility index (Phi) is 5.30. The van der Waals surface area contributed by atoms with Crippen molar-refractivity contribution in [3.8, 4) is 27.8 Å². The fraction of sp³-hybridized carbons (Fsp3) is 0.118. The molecule has 0 saturated heterocycles. The molecule has 0 aliphatic rings. The predicted octanol–water partition coefficient (Wildman–Crippen LogP) is 4.20. The number of benzene rings is 1. The zero-order valence-electron chi connectivity index (χ0n) is 13.4. The molecule has 0 spiro atoms. The SMILES string of the molecule is COc1ccc(-c2nc(C(=O)Oc3cccnc3Br)cs2)cc1OC. The monoisotopic (exact) mass is 420 g/mol. The van der Waals surface area contributed by atoms with Gasteiger partial charge in [0.1, 0.15) is 9.61 Å². The molecule has 0 bridgehead atoms. The van der Waals surface area contributed by atoms with Gasteiger partial charge in [-0.15, -0.1) is 11.3 Å². The van der Waals surface area contributed by atoms with Crippen molar-refractivity contribution in [1.29, 1.82) is 0 Å². The third-order valence-electron chi connectivity index (χ3n) is 3.27. The van der Waals surface area contributed by atoms with E-state index in [1.807, 2.05) is 12.1 Å². The van der Waals surface area contributed by atoms with Gasteiger partial charge in [0.25, 0.3) is 0 Å². The van der Waals surface area contributed by atoms with Crippen LogP contribution in [0.3, 0.4) is 0 Å². The zero-order valence-corrected chi connectivity index (χ0v) is 15.8. The van der Waals surface area contributed by atoms with Gasteiger partial charge < -0.3 is 14.2 Å². The van der Waals surface area contributed by atoms with Crippen LogP contribution >= 0.6 is 27.3 Å². The fourth-order valence-corrected chi connectivity index (χ4v) is 3.19. The highest BCUT2D eigenvalue weighted by Gasteiger charge is 2.16. The third-order valence-corrected chi connectivity index (χ3v) is 4.76. The van der Waals surface area contributed by atoms with Gasteiger partial charge in [0.05, 0.1) is 14.2 Å². The van der Waals surface area contributed by atoms with E-state index in [0.29, 0.717) is 26.9 Å². The molecule has 2 aromatic heterocycles. The Morgan fingerprint density at radius 2 is 1.92 bits per heavy atom. The molecule has 0 aliphatic heterocycles. The van der Waals surface area contributed by atoms with Gasteiger partial charge in [0, 0.05) is 17.1 Å². The van der Waals surface area contributed by atoms with Crippen LogP contribution in [0.1, 0.15) is 10.5 Å². The Morgan fingerprint density at radius 1 is 1.12 bits per heavy atom. The first-order chi connectivity index (χ1) is 12.1. The number of esters is 1. The zero-order chi connectivity index (χ0) is 17.8. The number of aromatic nitrogens is 2. The van der Waals surface area contributed by atoms with Crippen LogP contribution in [0.2, 0.25) is 0 Å². The van der Waals surface area contributed by atoms with Gasteiger partial charge in [-0.2, -0.15) is 0 Å². The molecule has 8 heteroatoms. The van der Waals surface area contributed by atoms with E-state index in [4.69, 9.17) is 14.2 Å². The first-order valence-corrected chi connectivity index (χ1v) is 8.80. The van der Waals surface area contributed by atoms with Gasteiger partial charge in [0.2, 0.25) is 0 Å². The highest BCUT2D eigenvalue weighted by molar-refractivity contribution is 9.10. The first-order valence-electron chi connectivity index (χ1n) is 7.13. The summed E-state index contributed by atoms with van der Waals surface area (Å²) in [5.41, 5.74) is 1.05. The van der Waals surface area contributed by atoms with Crippen LogP contribution < -0.4 is 14.2 Å². The lowest BCUT2D eigenvalue weighted by molar-refractivity contribution is 0.0727. The van der Waals surface area contributed by atoms with Crippen molar-refractivity contribution in [2.75, 3.05) is 14.2 Å². The molecular weight excluding hydrogens is 408 g/mol. The number of hydrogen-bond donors (Lipinski definition) is 0. The van der Waals surface area contributed by atoms with Gasteiger partial charge in [-0.25, -0.2) is 14.8 Å². The Labute approximate surface area is 156 Å². The summed E-state index contributed by atoms with van der Waals surface area (Å²) in [6, 6.07) is 8.79. The molecule has 0 fully saturated rings. The summed E-state index contributed by atoms with van der Waals surface area (Å²) in [5.74, 6) is 1.02. The minimum Gasteiger partial charge on any atom is -0.493 e. The molecular formula is C17H13BrN2O4S. The quantitative estimate of drug-likeness (QED) is 0.454. The summed E-state index contributed by atoms with van der Waals surface area (Å²) in [4.78, 5) is 20.6. The van der Waals surface area contributed by atoms with Crippen LogP contribution in [0, 0.1) is 0 Å². The van der Waals surface area contributed by atoms with Gasteiger partial charge in [-0.1, -0.05) is 0 Å². The Balaban J connectivity index is 1.83. The Hall–Kier alpha value is -2.45. The molecule has 2 heterocycles. The summed E-state index contributed by atoms with van der Waals surface area (Å²) >= 11 is 4.58. The highest BCUT2D eigenvalue weighted by Crippen LogP contribution is 2.33. The maximum absolute atomic E-state index is 12.3. The molecule has 0 amide bonds. The summed E-state index contributed by atoms with van der Waals surface area (Å²) in [6.45, 7) is 0. The van der Waals surface area contributed by atoms with E-state index < -0.39 is 5.97 Å². The molecule has 3 aromatic rings. The van der Waals surface area contributed by atoms with Crippen LogP contribution in [-0.4, -0.2) is 30.2 Å². The second-order valence-electron chi connectivity index (χ2n) is 4.79. The van der Waals surface area contributed by atoms with Gasteiger partial charge in [-0.05, 0) is 46.3 Å². The Morgan fingerprint density at radius 3 is 2.64 bits per heavy atom. The molecule has 3 rings (SSSR count). The molecule has 6 nitrogen and oxygen atoms in total. The standard InChI is InChI=1S/C17H13BrN2O4S/c1-22-12-6-5-10(8-14(12)23-2)16-20-11(9-25-16)17(21)24-13-4-3-7-19-15(13)18/h3-9H,1-2H3. The van der Waals surface area contributed by atoms with Crippen LogP contribution in [-0.2, 0) is 0 Å². The highest BCUT2D eigenvalue weighted by atomic mass is 79.9. The largest absolute Gasteiger partial charge is 0.493 e. The van der Waals surface area contributed by atoms with Crippen molar-refractivity contribution >= 4 is 33.2 Å². The molecule has 25 heavy (non-hydrogen) atoms. The summed E-state index contributed by atoms with van der Waals surface area (Å²) in [5, 5.41) is 2.33. The van der Waals surface area contributed by atoms with Crippen LogP contribution in [0.15, 0.2) is 46.5 Å². The van der Waals surface area contributed by atoms with Gasteiger partial charge >= 0.3 is 5.97 Å². The van der Waals surface area contributed by atoms with Crippen molar-refractivity contribution < 1.29 is 19.0 Å². The number of rotatable bonds is 5. The number of carbonyl (C=O) groups excluding carboxylic acids is 1. The number of halogens is 1. The van der Waals surface area contributed by atoms with Crippen molar-refractivity contribution in [2.24, 2.45) is 0 Å². The normalized spacial score (nSPS) is 10.4.